The number of aliphatic imine (C=N–C) groups is 1. The second-order valence-corrected chi connectivity index (χ2v) is 6.69. The molecule has 1 aromatic rings. The van der Waals surface area contributed by atoms with E-state index in [1.165, 1.54) is 0 Å². The third-order valence-corrected chi connectivity index (χ3v) is 3.55. The van der Waals surface area contributed by atoms with Crippen LogP contribution in [0.4, 0.5) is 10.5 Å². The maximum Gasteiger partial charge on any atom is 0.319 e. The Labute approximate surface area is 150 Å². The third-order valence-electron chi connectivity index (χ3n) is 3.55. The van der Waals surface area contributed by atoms with E-state index in [0.29, 0.717) is 19.0 Å². The Morgan fingerprint density at radius 2 is 1.84 bits per heavy atom. The van der Waals surface area contributed by atoms with Gasteiger partial charge in [0.1, 0.15) is 0 Å². The van der Waals surface area contributed by atoms with Gasteiger partial charge in [-0.25, -0.2) is 4.79 Å². The topological polar surface area (TPSA) is 86.8 Å². The van der Waals surface area contributed by atoms with Crippen molar-refractivity contribution in [1.29, 1.82) is 0 Å². The average Bonchev–Trinajstić information content (AvgIpc) is 2.55. The van der Waals surface area contributed by atoms with Gasteiger partial charge in [0.2, 0.25) is 0 Å². The van der Waals surface area contributed by atoms with Gasteiger partial charge in [-0.15, -0.1) is 0 Å². The normalized spacial score (nSPS) is 12.0. The highest BCUT2D eigenvalue weighted by Crippen LogP contribution is 2.09. The molecular weight excluding hydrogens is 318 g/mol. The number of amides is 2. The first-order valence-electron chi connectivity index (χ1n) is 8.42. The maximum absolute atomic E-state index is 11.7. The van der Waals surface area contributed by atoms with Crippen molar-refractivity contribution in [2.45, 2.75) is 45.9 Å². The van der Waals surface area contributed by atoms with Gasteiger partial charge in [0.15, 0.2) is 5.96 Å². The minimum Gasteiger partial charge on any atom is -0.377 e. The summed E-state index contributed by atoms with van der Waals surface area (Å²) in [5.41, 5.74) is 1.58. The van der Waals surface area contributed by atoms with E-state index >= 15 is 0 Å². The molecule has 0 radical (unpaired) electrons. The van der Waals surface area contributed by atoms with E-state index in [-0.39, 0.29) is 17.7 Å². The molecule has 0 saturated heterocycles. The zero-order valence-corrected chi connectivity index (χ0v) is 16.1. The van der Waals surface area contributed by atoms with Gasteiger partial charge in [-0.05, 0) is 45.4 Å². The molecule has 0 aliphatic heterocycles. The summed E-state index contributed by atoms with van der Waals surface area (Å²) in [6.45, 7) is 9.14. The number of rotatable bonds is 7. The van der Waals surface area contributed by atoms with Crippen LogP contribution in [-0.2, 0) is 11.3 Å². The highest BCUT2D eigenvalue weighted by molar-refractivity contribution is 5.89. The van der Waals surface area contributed by atoms with E-state index in [1.54, 1.807) is 14.2 Å². The number of benzene rings is 1. The Kier molecular flexibility index (Phi) is 8.21. The zero-order valence-electron chi connectivity index (χ0n) is 16.1. The highest BCUT2D eigenvalue weighted by atomic mass is 16.5. The lowest BCUT2D eigenvalue weighted by Crippen LogP contribution is -2.45. The number of carbonyl (C=O) groups is 1. The summed E-state index contributed by atoms with van der Waals surface area (Å²) in [5, 5.41) is 12.1. The van der Waals surface area contributed by atoms with Crippen LogP contribution in [0.3, 0.4) is 0 Å². The van der Waals surface area contributed by atoms with Crippen LogP contribution in [0.1, 0.15) is 33.3 Å². The zero-order chi connectivity index (χ0) is 18.9. The summed E-state index contributed by atoms with van der Waals surface area (Å²) < 4.78 is 5.38. The molecule has 0 spiro atoms. The van der Waals surface area contributed by atoms with Crippen molar-refractivity contribution in [2.75, 3.05) is 26.0 Å². The molecule has 0 aliphatic carbocycles. The second kappa shape index (κ2) is 9.88. The van der Waals surface area contributed by atoms with Gasteiger partial charge >= 0.3 is 6.03 Å². The van der Waals surface area contributed by atoms with E-state index in [0.717, 1.165) is 11.3 Å². The van der Waals surface area contributed by atoms with Crippen molar-refractivity contribution < 1.29 is 9.53 Å². The van der Waals surface area contributed by atoms with Gasteiger partial charge in [0, 0.05) is 39.0 Å². The summed E-state index contributed by atoms with van der Waals surface area (Å²) >= 11 is 0. The van der Waals surface area contributed by atoms with E-state index < -0.39 is 0 Å². The van der Waals surface area contributed by atoms with E-state index in [2.05, 4.69) is 26.3 Å². The number of urea groups is 1. The lowest BCUT2D eigenvalue weighted by molar-refractivity contribution is 0.0268. The van der Waals surface area contributed by atoms with Gasteiger partial charge in [0.25, 0.3) is 0 Å². The minimum absolute atomic E-state index is 0.103. The van der Waals surface area contributed by atoms with Crippen LogP contribution in [0.5, 0.6) is 0 Å². The van der Waals surface area contributed by atoms with Gasteiger partial charge in [-0.1, -0.05) is 12.1 Å². The predicted octanol–water partition coefficient (Wildman–Crippen LogP) is 2.31. The molecule has 7 heteroatoms. The Bertz CT molecular complexity index is 567. The van der Waals surface area contributed by atoms with Crippen molar-refractivity contribution in [3.63, 3.8) is 0 Å². The molecule has 0 saturated carbocycles. The summed E-state index contributed by atoms with van der Waals surface area (Å²) in [6, 6.07) is 7.58. The molecule has 4 N–H and O–H groups in total. The molecule has 0 aliphatic rings. The average molecular weight is 349 g/mol. The summed E-state index contributed by atoms with van der Waals surface area (Å²) in [4.78, 5) is 15.9. The van der Waals surface area contributed by atoms with Crippen LogP contribution in [0, 0.1) is 0 Å². The van der Waals surface area contributed by atoms with Gasteiger partial charge < -0.3 is 26.0 Å². The number of methoxy groups -OCH3 is 1. The predicted molar refractivity (Wildman–Crippen MR) is 103 cm³/mol. The van der Waals surface area contributed by atoms with E-state index in [4.69, 9.17) is 4.74 Å². The van der Waals surface area contributed by atoms with Crippen LogP contribution < -0.4 is 21.3 Å². The van der Waals surface area contributed by atoms with Crippen molar-refractivity contribution in [3.8, 4) is 0 Å². The fraction of sp³-hybridized carbons (Fsp3) is 0.556. The van der Waals surface area contributed by atoms with Crippen LogP contribution in [-0.4, -0.2) is 44.3 Å². The van der Waals surface area contributed by atoms with Crippen molar-refractivity contribution in [3.05, 3.63) is 29.8 Å². The summed E-state index contributed by atoms with van der Waals surface area (Å²) in [7, 11) is 3.42. The first kappa shape index (κ1) is 20.8. The van der Waals surface area contributed by atoms with Crippen LogP contribution >= 0.6 is 0 Å². The maximum atomic E-state index is 11.7. The van der Waals surface area contributed by atoms with Gasteiger partial charge in [0.05, 0.1) is 5.60 Å². The van der Waals surface area contributed by atoms with Crippen molar-refractivity contribution >= 4 is 17.7 Å². The number of hydrogen-bond donors (Lipinski definition) is 4. The number of nitrogens with one attached hydrogen (secondary N) is 4. The van der Waals surface area contributed by atoms with Crippen molar-refractivity contribution in [1.82, 2.24) is 16.0 Å². The molecule has 0 atom stereocenters. The van der Waals surface area contributed by atoms with Crippen LogP contribution in [0.15, 0.2) is 29.3 Å². The van der Waals surface area contributed by atoms with Crippen LogP contribution in [0.25, 0.3) is 0 Å². The summed E-state index contributed by atoms with van der Waals surface area (Å²) in [5.74, 6) is 0.712. The Morgan fingerprint density at radius 3 is 2.36 bits per heavy atom. The second-order valence-electron chi connectivity index (χ2n) is 6.69. The van der Waals surface area contributed by atoms with Crippen LogP contribution in [0.2, 0.25) is 0 Å². The highest BCUT2D eigenvalue weighted by Gasteiger charge is 2.16. The lowest BCUT2D eigenvalue weighted by Gasteiger charge is -2.24. The van der Waals surface area contributed by atoms with E-state index in [9.17, 15) is 4.79 Å². The molecule has 25 heavy (non-hydrogen) atoms. The summed E-state index contributed by atoms with van der Waals surface area (Å²) in [6.07, 6.45) is 0. The number of ether oxygens (including phenoxy) is 1. The minimum atomic E-state index is -0.262. The number of hydrogen-bond acceptors (Lipinski definition) is 3. The third kappa shape index (κ3) is 8.39. The molecule has 1 aromatic carbocycles. The molecular formula is C18H31N5O2. The molecule has 0 aromatic heterocycles. The van der Waals surface area contributed by atoms with Gasteiger partial charge in [-0.2, -0.15) is 0 Å². The SMILES string of the molecule is CN=C(NCc1ccc(NC(=O)NC(C)C)cc1)NCC(C)(C)OC. The molecule has 7 nitrogen and oxygen atoms in total. The number of guanidine groups is 1. The molecule has 1 rings (SSSR count). The standard InChI is InChI=1S/C18H31N5O2/c1-13(2)22-17(24)23-15-9-7-14(8-10-15)11-20-16(19-5)21-12-18(3,4)25-6/h7-10,13H,11-12H2,1-6H3,(H2,19,20,21)(H2,22,23,24). The van der Waals surface area contributed by atoms with Crippen molar-refractivity contribution in [2.24, 2.45) is 4.99 Å². The first-order chi connectivity index (χ1) is 11.8. The molecule has 2 amide bonds. The molecule has 0 unspecified atom stereocenters. The fourth-order valence-electron chi connectivity index (χ4n) is 1.91. The smallest absolute Gasteiger partial charge is 0.319 e. The number of anilines is 1. The van der Waals surface area contributed by atoms with E-state index in [1.807, 2.05) is 52.0 Å². The number of nitrogens with zero attached hydrogens (tertiary/aromatic N) is 1. The monoisotopic (exact) mass is 349 g/mol. The molecule has 0 fully saturated rings. The van der Waals surface area contributed by atoms with Gasteiger partial charge in [-0.3, -0.25) is 4.99 Å². The largest absolute Gasteiger partial charge is 0.377 e. The number of carbonyl (C=O) groups excluding carboxylic acids is 1. The Balaban J connectivity index is 2.48. The molecule has 0 heterocycles. The quantitative estimate of drug-likeness (QED) is 0.449. The fourth-order valence-corrected chi connectivity index (χ4v) is 1.91. The Hall–Kier alpha value is -2.28. The Morgan fingerprint density at radius 1 is 1.20 bits per heavy atom. The molecule has 140 valence electrons. The molecule has 0 bridgehead atoms. The lowest BCUT2D eigenvalue weighted by atomic mass is 10.1. The first-order valence-corrected chi connectivity index (χ1v) is 8.42.